The van der Waals surface area contributed by atoms with Gasteiger partial charge in [0.15, 0.2) is 0 Å². The molecule has 26 heavy (non-hydrogen) atoms. The van der Waals surface area contributed by atoms with Crippen LogP contribution in [0.1, 0.15) is 22.0 Å². The summed E-state index contributed by atoms with van der Waals surface area (Å²) in [5, 5.41) is 3.75. The normalized spacial score (nSPS) is 16.1. The van der Waals surface area contributed by atoms with E-state index in [9.17, 15) is 4.79 Å². The van der Waals surface area contributed by atoms with Gasteiger partial charge in [0.05, 0.1) is 26.4 Å². The van der Waals surface area contributed by atoms with Crippen LogP contribution in [0.15, 0.2) is 48.5 Å². The van der Waals surface area contributed by atoms with E-state index in [1.54, 1.807) is 31.4 Å². The zero-order valence-electron chi connectivity index (χ0n) is 14.8. The minimum absolute atomic E-state index is 0.00907. The molecule has 1 atom stereocenters. The molecule has 0 aliphatic carbocycles. The van der Waals surface area contributed by atoms with Crippen LogP contribution in [0.4, 0.5) is 0 Å². The van der Waals surface area contributed by atoms with Gasteiger partial charge in [0.2, 0.25) is 0 Å². The number of morpholine rings is 1. The third kappa shape index (κ3) is 4.55. The Balaban J connectivity index is 1.72. The van der Waals surface area contributed by atoms with Gasteiger partial charge in [0.1, 0.15) is 5.75 Å². The molecule has 2 aromatic rings. The lowest BCUT2D eigenvalue weighted by molar-refractivity contribution is 0.0162. The second kappa shape index (κ2) is 9.03. The molecule has 5 nitrogen and oxygen atoms in total. The third-order valence-electron chi connectivity index (χ3n) is 4.56. The van der Waals surface area contributed by atoms with E-state index >= 15 is 0 Å². The molecule has 138 valence electrons. The van der Waals surface area contributed by atoms with Crippen molar-refractivity contribution in [2.75, 3.05) is 40.0 Å². The van der Waals surface area contributed by atoms with Gasteiger partial charge < -0.3 is 14.8 Å². The molecular weight excluding hydrogens is 352 g/mol. The fourth-order valence-corrected chi connectivity index (χ4v) is 3.37. The number of methoxy groups -OCH3 is 1. The Kier molecular flexibility index (Phi) is 6.50. The van der Waals surface area contributed by atoms with E-state index < -0.39 is 0 Å². The predicted molar refractivity (Wildman–Crippen MR) is 102 cm³/mol. The maximum absolute atomic E-state index is 12.5. The SMILES string of the molecule is COc1ccc(C(=O)NC[C@H](c2ccccc2Cl)N2CCOCC2)cc1. The fraction of sp³-hybridized carbons (Fsp3) is 0.350. The van der Waals surface area contributed by atoms with Gasteiger partial charge in [-0.25, -0.2) is 0 Å². The molecule has 1 saturated heterocycles. The quantitative estimate of drug-likeness (QED) is 0.843. The molecule has 0 saturated carbocycles. The van der Waals surface area contributed by atoms with E-state index in [4.69, 9.17) is 21.1 Å². The molecule has 1 N–H and O–H groups in total. The van der Waals surface area contributed by atoms with E-state index in [0.29, 0.717) is 30.3 Å². The molecule has 0 aromatic heterocycles. The molecule has 1 aliphatic rings. The number of halogens is 1. The van der Waals surface area contributed by atoms with E-state index in [-0.39, 0.29) is 11.9 Å². The number of hydrogen-bond acceptors (Lipinski definition) is 4. The van der Waals surface area contributed by atoms with Gasteiger partial charge in [-0.3, -0.25) is 9.69 Å². The van der Waals surface area contributed by atoms with Gasteiger partial charge in [0, 0.05) is 30.2 Å². The number of benzene rings is 2. The smallest absolute Gasteiger partial charge is 0.251 e. The molecule has 6 heteroatoms. The van der Waals surface area contributed by atoms with Crippen molar-refractivity contribution < 1.29 is 14.3 Å². The Hall–Kier alpha value is -2.08. The van der Waals surface area contributed by atoms with Crippen molar-refractivity contribution in [1.29, 1.82) is 0 Å². The second-order valence-corrected chi connectivity index (χ2v) is 6.53. The van der Waals surface area contributed by atoms with Crippen LogP contribution in [-0.4, -0.2) is 50.8 Å². The Bertz CT molecular complexity index is 730. The van der Waals surface area contributed by atoms with Crippen LogP contribution in [-0.2, 0) is 4.74 Å². The lowest BCUT2D eigenvalue weighted by atomic mass is 10.0. The van der Waals surface area contributed by atoms with E-state index in [1.165, 1.54) is 0 Å². The van der Waals surface area contributed by atoms with Gasteiger partial charge >= 0.3 is 0 Å². The van der Waals surface area contributed by atoms with Crippen LogP contribution >= 0.6 is 11.6 Å². The molecule has 1 amide bonds. The van der Waals surface area contributed by atoms with Crippen LogP contribution in [0.25, 0.3) is 0 Å². The van der Waals surface area contributed by atoms with E-state index in [0.717, 1.165) is 24.4 Å². The molecule has 0 spiro atoms. The summed E-state index contributed by atoms with van der Waals surface area (Å²) in [5.41, 5.74) is 1.62. The van der Waals surface area contributed by atoms with Crippen LogP contribution < -0.4 is 10.1 Å². The summed E-state index contributed by atoms with van der Waals surface area (Å²) < 4.78 is 10.6. The first-order valence-corrected chi connectivity index (χ1v) is 9.05. The van der Waals surface area contributed by atoms with Crippen molar-refractivity contribution in [3.8, 4) is 5.75 Å². The van der Waals surface area contributed by atoms with Gasteiger partial charge in [-0.1, -0.05) is 29.8 Å². The monoisotopic (exact) mass is 374 g/mol. The number of carbonyl (C=O) groups excluding carboxylic acids is 1. The summed E-state index contributed by atoms with van der Waals surface area (Å²) in [7, 11) is 1.60. The van der Waals surface area contributed by atoms with Crippen molar-refractivity contribution >= 4 is 17.5 Å². The van der Waals surface area contributed by atoms with E-state index in [2.05, 4.69) is 10.2 Å². The van der Waals surface area contributed by atoms with Crippen molar-refractivity contribution in [2.24, 2.45) is 0 Å². The zero-order valence-corrected chi connectivity index (χ0v) is 15.5. The van der Waals surface area contributed by atoms with Crippen molar-refractivity contribution in [2.45, 2.75) is 6.04 Å². The lowest BCUT2D eigenvalue weighted by Gasteiger charge is -2.35. The average Bonchev–Trinajstić information content (AvgIpc) is 2.70. The largest absolute Gasteiger partial charge is 0.497 e. The zero-order chi connectivity index (χ0) is 18.4. The lowest BCUT2D eigenvalue weighted by Crippen LogP contribution is -2.44. The minimum atomic E-state index is -0.113. The topological polar surface area (TPSA) is 50.8 Å². The summed E-state index contributed by atoms with van der Waals surface area (Å²) in [4.78, 5) is 14.8. The van der Waals surface area contributed by atoms with Gasteiger partial charge in [-0.15, -0.1) is 0 Å². The first kappa shape index (κ1) is 18.7. The summed E-state index contributed by atoms with van der Waals surface area (Å²) in [6.07, 6.45) is 0. The van der Waals surface area contributed by atoms with Gasteiger partial charge in [-0.2, -0.15) is 0 Å². The summed E-state index contributed by atoms with van der Waals surface area (Å²) in [5.74, 6) is 0.613. The first-order valence-electron chi connectivity index (χ1n) is 8.67. The molecular formula is C20H23ClN2O3. The van der Waals surface area contributed by atoms with Crippen LogP contribution in [0.3, 0.4) is 0 Å². The molecule has 0 unspecified atom stereocenters. The number of rotatable bonds is 6. The number of nitrogens with one attached hydrogen (secondary N) is 1. The Morgan fingerprint density at radius 2 is 1.88 bits per heavy atom. The van der Waals surface area contributed by atoms with Crippen LogP contribution in [0, 0.1) is 0 Å². The fourth-order valence-electron chi connectivity index (χ4n) is 3.10. The van der Waals surface area contributed by atoms with Crippen molar-refractivity contribution in [3.63, 3.8) is 0 Å². The highest BCUT2D eigenvalue weighted by molar-refractivity contribution is 6.31. The highest BCUT2D eigenvalue weighted by Crippen LogP contribution is 2.27. The predicted octanol–water partition coefficient (Wildman–Crippen LogP) is 3.15. The number of carbonyl (C=O) groups is 1. The van der Waals surface area contributed by atoms with Crippen molar-refractivity contribution in [1.82, 2.24) is 10.2 Å². The number of nitrogens with zero attached hydrogens (tertiary/aromatic N) is 1. The van der Waals surface area contributed by atoms with E-state index in [1.807, 2.05) is 24.3 Å². The van der Waals surface area contributed by atoms with Gasteiger partial charge in [0.25, 0.3) is 5.91 Å². The molecule has 1 fully saturated rings. The average molecular weight is 375 g/mol. The molecule has 0 bridgehead atoms. The third-order valence-corrected chi connectivity index (χ3v) is 4.90. The standard InChI is InChI=1S/C20H23ClN2O3/c1-25-16-8-6-15(7-9-16)20(24)22-14-19(23-10-12-26-13-11-23)17-4-2-3-5-18(17)21/h2-9,19H,10-14H2,1H3,(H,22,24)/t19-/m1/s1. The van der Waals surface area contributed by atoms with Crippen LogP contribution in [0.2, 0.25) is 5.02 Å². The number of amides is 1. The Labute approximate surface area is 158 Å². The first-order chi connectivity index (χ1) is 12.7. The summed E-state index contributed by atoms with van der Waals surface area (Å²) in [6, 6.07) is 14.9. The summed E-state index contributed by atoms with van der Waals surface area (Å²) >= 11 is 6.42. The number of ether oxygens (including phenoxy) is 2. The van der Waals surface area contributed by atoms with Crippen molar-refractivity contribution in [3.05, 3.63) is 64.7 Å². The Morgan fingerprint density at radius 3 is 2.54 bits per heavy atom. The number of hydrogen-bond donors (Lipinski definition) is 1. The molecule has 2 aromatic carbocycles. The molecule has 0 radical (unpaired) electrons. The minimum Gasteiger partial charge on any atom is -0.497 e. The molecule has 1 heterocycles. The highest BCUT2D eigenvalue weighted by Gasteiger charge is 2.25. The summed E-state index contributed by atoms with van der Waals surface area (Å²) in [6.45, 7) is 3.48. The highest BCUT2D eigenvalue weighted by atomic mass is 35.5. The molecule has 3 rings (SSSR count). The van der Waals surface area contributed by atoms with Crippen LogP contribution in [0.5, 0.6) is 5.75 Å². The molecule has 1 aliphatic heterocycles. The maximum atomic E-state index is 12.5. The second-order valence-electron chi connectivity index (χ2n) is 6.12. The maximum Gasteiger partial charge on any atom is 0.251 e. The Morgan fingerprint density at radius 1 is 1.19 bits per heavy atom. The van der Waals surface area contributed by atoms with Gasteiger partial charge in [-0.05, 0) is 35.9 Å².